The Morgan fingerprint density at radius 1 is 1.31 bits per heavy atom. The Kier molecular flexibility index (Phi) is 1.72. The predicted molar refractivity (Wildman–Crippen MR) is 54.0 cm³/mol. The van der Waals surface area contributed by atoms with Gasteiger partial charge < -0.3 is 0 Å². The van der Waals surface area contributed by atoms with Crippen LogP contribution in [0.5, 0.6) is 0 Å². The van der Waals surface area contributed by atoms with Gasteiger partial charge in [0.15, 0.2) is 0 Å². The molecule has 0 amide bonds. The molecule has 0 spiro atoms. The fraction of sp³-hybridized carbons (Fsp3) is 0.455. The average molecular weight is 174 g/mol. The molecule has 0 bridgehead atoms. The molecule has 0 saturated carbocycles. The molecule has 0 aromatic carbocycles. The van der Waals surface area contributed by atoms with Crippen LogP contribution in [-0.2, 0) is 0 Å². The summed E-state index contributed by atoms with van der Waals surface area (Å²) in [5.74, 6) is 0. The van der Waals surface area contributed by atoms with Crippen LogP contribution in [0.1, 0.15) is 37.9 Å². The Morgan fingerprint density at radius 3 is 2.77 bits per heavy atom. The van der Waals surface area contributed by atoms with Crippen LogP contribution in [0, 0.1) is 5.41 Å². The largest absolute Gasteiger partial charge is 0.284 e. The van der Waals surface area contributed by atoms with E-state index >= 15 is 0 Å². The summed E-state index contributed by atoms with van der Waals surface area (Å²) in [6, 6.07) is 2.36. The molecule has 0 fully saturated rings. The number of hydrogen-bond donors (Lipinski definition) is 0. The summed E-state index contributed by atoms with van der Waals surface area (Å²) in [6.07, 6.45) is 5.65. The Balaban J connectivity index is 2.45. The first-order valence-electron chi connectivity index (χ1n) is 4.56. The van der Waals surface area contributed by atoms with E-state index in [4.69, 9.17) is 0 Å². The van der Waals surface area contributed by atoms with Crippen molar-refractivity contribution in [3.63, 3.8) is 0 Å². The average Bonchev–Trinajstić information content (AvgIpc) is 2.45. The van der Waals surface area contributed by atoms with Gasteiger partial charge in [0.25, 0.3) is 0 Å². The van der Waals surface area contributed by atoms with Crippen LogP contribution in [0.2, 0.25) is 0 Å². The zero-order valence-corrected chi connectivity index (χ0v) is 8.28. The van der Waals surface area contributed by atoms with Crippen LogP contribution < -0.4 is 0 Å². The van der Waals surface area contributed by atoms with E-state index in [1.165, 1.54) is 11.1 Å². The first-order valence-corrected chi connectivity index (χ1v) is 4.56. The molecule has 1 aliphatic heterocycles. The van der Waals surface area contributed by atoms with Crippen LogP contribution in [0.15, 0.2) is 23.5 Å². The van der Waals surface area contributed by atoms with Gasteiger partial charge in [-0.3, -0.25) is 9.98 Å². The lowest BCUT2D eigenvalue weighted by atomic mass is 9.83. The number of hydrogen-bond acceptors (Lipinski definition) is 2. The smallest absolute Gasteiger partial charge is 0.0804 e. The molecule has 1 aromatic heterocycles. The van der Waals surface area contributed by atoms with Gasteiger partial charge in [0, 0.05) is 24.2 Å². The van der Waals surface area contributed by atoms with Crippen molar-refractivity contribution >= 4 is 6.21 Å². The molecule has 0 saturated heterocycles. The zero-order chi connectivity index (χ0) is 9.47. The van der Waals surface area contributed by atoms with Gasteiger partial charge in [-0.25, -0.2) is 0 Å². The summed E-state index contributed by atoms with van der Waals surface area (Å²) in [5, 5.41) is 0. The molecule has 1 atom stereocenters. The number of rotatable bonds is 0. The minimum absolute atomic E-state index is 0.198. The fourth-order valence-corrected chi connectivity index (χ4v) is 1.70. The molecule has 13 heavy (non-hydrogen) atoms. The first kappa shape index (κ1) is 8.42. The SMILES string of the molecule is CC(C)(C)C1N=Cc2cnccc21. The van der Waals surface area contributed by atoms with E-state index in [1.54, 1.807) is 0 Å². The Bertz CT molecular complexity index is 347. The molecule has 2 nitrogen and oxygen atoms in total. The summed E-state index contributed by atoms with van der Waals surface area (Å²) in [4.78, 5) is 8.59. The highest BCUT2D eigenvalue weighted by molar-refractivity contribution is 5.84. The summed E-state index contributed by atoms with van der Waals surface area (Å²) < 4.78 is 0. The third kappa shape index (κ3) is 1.37. The molecule has 0 N–H and O–H groups in total. The highest BCUT2D eigenvalue weighted by atomic mass is 14.8. The van der Waals surface area contributed by atoms with E-state index in [0.29, 0.717) is 6.04 Å². The fourth-order valence-electron chi connectivity index (χ4n) is 1.70. The summed E-state index contributed by atoms with van der Waals surface area (Å²) in [6.45, 7) is 6.64. The van der Waals surface area contributed by atoms with Crippen molar-refractivity contribution < 1.29 is 0 Å². The van der Waals surface area contributed by atoms with Gasteiger partial charge in [0.2, 0.25) is 0 Å². The summed E-state index contributed by atoms with van der Waals surface area (Å²) in [5.41, 5.74) is 2.67. The lowest BCUT2D eigenvalue weighted by molar-refractivity contribution is 0.333. The number of aliphatic imine (C=N–C) groups is 1. The second-order valence-corrected chi connectivity index (χ2v) is 4.55. The van der Waals surface area contributed by atoms with Gasteiger partial charge in [-0.2, -0.15) is 0 Å². The number of fused-ring (bicyclic) bond motifs is 1. The quantitative estimate of drug-likeness (QED) is 0.593. The van der Waals surface area contributed by atoms with Gasteiger partial charge >= 0.3 is 0 Å². The van der Waals surface area contributed by atoms with Crippen molar-refractivity contribution in [3.05, 3.63) is 29.6 Å². The molecule has 0 radical (unpaired) electrons. The highest BCUT2D eigenvalue weighted by Gasteiger charge is 2.29. The van der Waals surface area contributed by atoms with Crippen LogP contribution in [0.25, 0.3) is 0 Å². The molecular formula is C11H14N2. The van der Waals surface area contributed by atoms with Crippen molar-refractivity contribution in [2.75, 3.05) is 0 Å². The Hall–Kier alpha value is -1.18. The maximum Gasteiger partial charge on any atom is 0.0804 e. The lowest BCUT2D eigenvalue weighted by Gasteiger charge is -2.25. The van der Waals surface area contributed by atoms with Gasteiger partial charge in [0.1, 0.15) is 0 Å². The predicted octanol–water partition coefficient (Wildman–Crippen LogP) is 2.60. The van der Waals surface area contributed by atoms with Crippen molar-refractivity contribution in [2.24, 2.45) is 10.4 Å². The molecule has 0 aliphatic carbocycles. The maximum atomic E-state index is 4.51. The van der Waals surface area contributed by atoms with Crippen molar-refractivity contribution in [1.29, 1.82) is 0 Å². The van der Waals surface area contributed by atoms with Crippen LogP contribution in [0.3, 0.4) is 0 Å². The monoisotopic (exact) mass is 174 g/mol. The molecule has 1 aromatic rings. The Morgan fingerprint density at radius 2 is 2.08 bits per heavy atom. The van der Waals surface area contributed by atoms with Crippen molar-refractivity contribution in [1.82, 2.24) is 4.98 Å². The summed E-state index contributed by atoms with van der Waals surface area (Å²) in [7, 11) is 0. The lowest BCUT2D eigenvalue weighted by Crippen LogP contribution is -2.14. The number of nitrogens with zero attached hydrogens (tertiary/aromatic N) is 2. The normalized spacial score (nSPS) is 20.4. The van der Waals surface area contributed by atoms with E-state index in [1.807, 2.05) is 18.6 Å². The molecule has 2 heterocycles. The molecule has 68 valence electrons. The van der Waals surface area contributed by atoms with Gasteiger partial charge in [-0.1, -0.05) is 20.8 Å². The van der Waals surface area contributed by atoms with E-state index < -0.39 is 0 Å². The minimum Gasteiger partial charge on any atom is -0.284 e. The summed E-state index contributed by atoms with van der Waals surface area (Å²) >= 11 is 0. The van der Waals surface area contributed by atoms with Crippen molar-refractivity contribution in [2.45, 2.75) is 26.8 Å². The highest BCUT2D eigenvalue weighted by Crippen LogP contribution is 2.39. The molecule has 2 heteroatoms. The zero-order valence-electron chi connectivity index (χ0n) is 8.28. The van der Waals surface area contributed by atoms with Crippen LogP contribution >= 0.6 is 0 Å². The third-order valence-electron chi connectivity index (χ3n) is 2.36. The van der Waals surface area contributed by atoms with Crippen molar-refractivity contribution in [3.8, 4) is 0 Å². The second-order valence-electron chi connectivity index (χ2n) is 4.55. The maximum absolute atomic E-state index is 4.51. The Labute approximate surface area is 78.7 Å². The standard InChI is InChI=1S/C11H14N2/c1-11(2,3)10-9-4-5-12-6-8(9)7-13-10/h4-7,10H,1-3H3. The van der Waals surface area contributed by atoms with E-state index in [2.05, 4.69) is 36.8 Å². The molecule has 2 rings (SSSR count). The van der Waals surface area contributed by atoms with Gasteiger partial charge in [0.05, 0.1) is 6.04 Å². The van der Waals surface area contributed by atoms with E-state index in [0.717, 1.165) is 0 Å². The first-order chi connectivity index (χ1) is 6.09. The molecular weight excluding hydrogens is 160 g/mol. The van der Waals surface area contributed by atoms with Crippen LogP contribution in [0.4, 0.5) is 0 Å². The molecule has 1 unspecified atom stereocenters. The van der Waals surface area contributed by atoms with E-state index in [-0.39, 0.29) is 5.41 Å². The van der Waals surface area contributed by atoms with E-state index in [9.17, 15) is 0 Å². The van der Waals surface area contributed by atoms with Gasteiger partial charge in [-0.05, 0) is 17.0 Å². The number of pyridine rings is 1. The molecule has 1 aliphatic rings. The number of aromatic nitrogens is 1. The second kappa shape index (κ2) is 2.66. The van der Waals surface area contributed by atoms with Gasteiger partial charge in [-0.15, -0.1) is 0 Å². The van der Waals surface area contributed by atoms with Crippen LogP contribution in [-0.4, -0.2) is 11.2 Å². The minimum atomic E-state index is 0.198. The third-order valence-corrected chi connectivity index (χ3v) is 2.36. The topological polar surface area (TPSA) is 25.2 Å².